The number of carboxylic acids is 1. The zero-order valence-electron chi connectivity index (χ0n) is 15.1. The standard InChI is InChI=1S/C18H27BrN2O3S/c1-4-21(17-11(2)15(18(22)23)16(19)25-17)13-7-5-12(6-8-13)20-9-14(10-20)24-3/h12-14H,4-10H2,1-3H3,(H,22,23)/t12-,13-. The van der Waals surface area contributed by atoms with Crippen LogP contribution in [0.15, 0.2) is 3.79 Å². The van der Waals surface area contributed by atoms with Crippen molar-refractivity contribution in [3.8, 4) is 0 Å². The second-order valence-corrected chi connectivity index (χ2v) is 9.36. The number of carbonyl (C=O) groups is 1. The van der Waals surface area contributed by atoms with Crippen molar-refractivity contribution < 1.29 is 14.6 Å². The number of hydrogen-bond acceptors (Lipinski definition) is 5. The number of hydrogen-bond donors (Lipinski definition) is 1. The Bertz CT molecular complexity index is 622. The van der Waals surface area contributed by atoms with Crippen molar-refractivity contribution in [1.82, 2.24) is 4.90 Å². The summed E-state index contributed by atoms with van der Waals surface area (Å²) in [7, 11) is 1.80. The number of thiophene rings is 1. The Balaban J connectivity index is 1.65. The van der Waals surface area contributed by atoms with Gasteiger partial charge in [0.05, 0.1) is 20.5 Å². The predicted molar refractivity (Wildman–Crippen MR) is 105 cm³/mol. The molecule has 2 fully saturated rings. The van der Waals surface area contributed by atoms with E-state index in [1.165, 1.54) is 25.7 Å². The summed E-state index contributed by atoms with van der Waals surface area (Å²) in [6, 6.07) is 1.19. The Morgan fingerprint density at radius 3 is 2.48 bits per heavy atom. The molecule has 1 saturated heterocycles. The third-order valence-electron chi connectivity index (χ3n) is 5.73. The fraction of sp³-hybridized carbons (Fsp3) is 0.722. The lowest BCUT2D eigenvalue weighted by atomic mass is 9.87. The molecule has 1 aliphatic heterocycles. The van der Waals surface area contributed by atoms with Gasteiger partial charge in [-0.15, -0.1) is 11.3 Å². The van der Waals surface area contributed by atoms with Gasteiger partial charge in [-0.1, -0.05) is 0 Å². The van der Waals surface area contributed by atoms with E-state index in [2.05, 4.69) is 32.7 Å². The van der Waals surface area contributed by atoms with Gasteiger partial charge in [0, 0.05) is 38.8 Å². The van der Waals surface area contributed by atoms with E-state index in [4.69, 9.17) is 4.74 Å². The molecule has 0 amide bonds. The van der Waals surface area contributed by atoms with Gasteiger partial charge >= 0.3 is 5.97 Å². The third kappa shape index (κ3) is 3.75. The molecule has 2 aliphatic rings. The molecule has 0 spiro atoms. The average molecular weight is 431 g/mol. The van der Waals surface area contributed by atoms with Crippen LogP contribution in [0.25, 0.3) is 0 Å². The van der Waals surface area contributed by atoms with Crippen LogP contribution >= 0.6 is 27.3 Å². The van der Waals surface area contributed by atoms with Gasteiger partial charge in [-0.2, -0.15) is 0 Å². The van der Waals surface area contributed by atoms with Gasteiger partial charge < -0.3 is 14.7 Å². The fourth-order valence-electron chi connectivity index (χ4n) is 4.20. The number of likely N-dealkylation sites (tertiary alicyclic amines) is 1. The summed E-state index contributed by atoms with van der Waals surface area (Å²) in [5.41, 5.74) is 1.30. The molecule has 1 aromatic heterocycles. The molecule has 25 heavy (non-hydrogen) atoms. The van der Waals surface area contributed by atoms with Crippen molar-refractivity contribution >= 4 is 38.2 Å². The summed E-state index contributed by atoms with van der Waals surface area (Å²) in [6.45, 7) is 7.15. The molecular weight excluding hydrogens is 404 g/mol. The second-order valence-electron chi connectivity index (χ2n) is 7.05. The highest BCUT2D eigenvalue weighted by Crippen LogP contribution is 2.42. The fourth-order valence-corrected chi connectivity index (χ4v) is 6.29. The quantitative estimate of drug-likeness (QED) is 0.739. The van der Waals surface area contributed by atoms with Crippen LogP contribution in [0, 0.1) is 6.92 Å². The van der Waals surface area contributed by atoms with Gasteiger partial charge in [0.1, 0.15) is 0 Å². The molecule has 0 aromatic carbocycles. The molecule has 1 aromatic rings. The molecule has 140 valence electrons. The minimum Gasteiger partial charge on any atom is -0.478 e. The van der Waals surface area contributed by atoms with Crippen LogP contribution in [0.1, 0.15) is 48.5 Å². The van der Waals surface area contributed by atoms with E-state index in [0.29, 0.717) is 23.8 Å². The largest absolute Gasteiger partial charge is 0.478 e. The number of ether oxygens (including phenoxy) is 1. The van der Waals surface area contributed by atoms with Gasteiger partial charge in [0.25, 0.3) is 0 Å². The Hall–Kier alpha value is -0.630. The molecule has 0 unspecified atom stereocenters. The average Bonchev–Trinajstić information content (AvgIpc) is 2.83. The number of anilines is 1. The number of halogens is 1. The van der Waals surface area contributed by atoms with E-state index in [1.807, 2.05) is 6.92 Å². The second kappa shape index (κ2) is 7.94. The smallest absolute Gasteiger partial charge is 0.338 e. The first kappa shape index (κ1) is 19.1. The van der Waals surface area contributed by atoms with E-state index >= 15 is 0 Å². The molecule has 5 nitrogen and oxygen atoms in total. The lowest BCUT2D eigenvalue weighted by molar-refractivity contribution is -0.0578. The number of carboxylic acid groups (broad SMARTS) is 1. The summed E-state index contributed by atoms with van der Waals surface area (Å²) in [6.07, 6.45) is 5.20. The highest BCUT2D eigenvalue weighted by atomic mass is 79.9. The monoisotopic (exact) mass is 430 g/mol. The zero-order chi connectivity index (χ0) is 18.1. The molecule has 2 heterocycles. The highest BCUT2D eigenvalue weighted by Gasteiger charge is 2.36. The maximum Gasteiger partial charge on any atom is 0.338 e. The van der Waals surface area contributed by atoms with Gasteiger partial charge in [0.2, 0.25) is 0 Å². The van der Waals surface area contributed by atoms with E-state index in [1.54, 1.807) is 18.4 Å². The van der Waals surface area contributed by atoms with Crippen molar-refractivity contribution in [3.05, 3.63) is 14.9 Å². The Morgan fingerprint density at radius 1 is 1.36 bits per heavy atom. The minimum atomic E-state index is -0.850. The third-order valence-corrected chi connectivity index (χ3v) is 7.73. The molecule has 0 radical (unpaired) electrons. The topological polar surface area (TPSA) is 53.0 Å². The lowest BCUT2D eigenvalue weighted by Gasteiger charge is -2.47. The Morgan fingerprint density at radius 2 is 2.00 bits per heavy atom. The first-order valence-electron chi connectivity index (χ1n) is 9.01. The van der Waals surface area contributed by atoms with E-state index in [-0.39, 0.29) is 0 Å². The van der Waals surface area contributed by atoms with Crippen LogP contribution in [-0.2, 0) is 4.74 Å². The normalized spacial score (nSPS) is 25.0. The van der Waals surface area contributed by atoms with Crippen molar-refractivity contribution in [1.29, 1.82) is 0 Å². The first-order valence-corrected chi connectivity index (χ1v) is 10.6. The maximum absolute atomic E-state index is 11.5. The molecule has 0 atom stereocenters. The Labute approximate surface area is 162 Å². The molecule has 1 aliphatic carbocycles. The van der Waals surface area contributed by atoms with Crippen LogP contribution in [0.3, 0.4) is 0 Å². The molecular formula is C18H27BrN2O3S. The zero-order valence-corrected chi connectivity index (χ0v) is 17.5. The van der Waals surface area contributed by atoms with Crippen molar-refractivity contribution in [2.75, 3.05) is 31.6 Å². The predicted octanol–water partition coefficient (Wildman–Crippen LogP) is 3.99. The molecule has 1 saturated carbocycles. The van der Waals surface area contributed by atoms with Crippen molar-refractivity contribution in [2.24, 2.45) is 0 Å². The summed E-state index contributed by atoms with van der Waals surface area (Å²) in [5.74, 6) is -0.850. The summed E-state index contributed by atoms with van der Waals surface area (Å²) in [4.78, 5) is 16.5. The van der Waals surface area contributed by atoms with E-state index in [0.717, 1.165) is 34.0 Å². The molecule has 1 N–H and O–H groups in total. The number of methoxy groups -OCH3 is 1. The minimum absolute atomic E-state index is 0.415. The lowest BCUT2D eigenvalue weighted by Crippen LogP contribution is -2.57. The van der Waals surface area contributed by atoms with Gasteiger partial charge in [-0.3, -0.25) is 4.90 Å². The maximum atomic E-state index is 11.5. The molecule has 3 rings (SSSR count). The van der Waals surface area contributed by atoms with E-state index < -0.39 is 5.97 Å². The first-order chi connectivity index (χ1) is 12.0. The van der Waals surface area contributed by atoms with Crippen molar-refractivity contribution in [3.63, 3.8) is 0 Å². The number of rotatable bonds is 6. The molecule has 0 bridgehead atoms. The number of aromatic carboxylic acids is 1. The van der Waals surface area contributed by atoms with Crippen LogP contribution in [-0.4, -0.2) is 60.9 Å². The number of nitrogens with zero attached hydrogens (tertiary/aromatic N) is 2. The van der Waals surface area contributed by atoms with Crippen molar-refractivity contribution in [2.45, 2.75) is 57.7 Å². The van der Waals surface area contributed by atoms with Crippen LogP contribution in [0.2, 0.25) is 0 Å². The summed E-state index contributed by atoms with van der Waals surface area (Å²) < 4.78 is 6.11. The Kier molecular flexibility index (Phi) is 6.08. The van der Waals surface area contributed by atoms with Gasteiger partial charge in [-0.25, -0.2) is 4.79 Å². The summed E-state index contributed by atoms with van der Waals surface area (Å²) in [5, 5.41) is 10.5. The van der Waals surface area contributed by atoms with Gasteiger partial charge in [-0.05, 0) is 61.0 Å². The molecule has 7 heteroatoms. The van der Waals surface area contributed by atoms with E-state index in [9.17, 15) is 9.90 Å². The van der Waals surface area contributed by atoms with Crippen LogP contribution < -0.4 is 4.90 Å². The highest BCUT2D eigenvalue weighted by molar-refractivity contribution is 9.11. The van der Waals surface area contributed by atoms with Crippen LogP contribution in [0.5, 0.6) is 0 Å². The van der Waals surface area contributed by atoms with Crippen LogP contribution in [0.4, 0.5) is 5.00 Å². The SMILES string of the molecule is CCN(c1sc(Br)c(C(=O)O)c1C)[C@H]1CC[C@H](N2CC(OC)C2)CC1. The summed E-state index contributed by atoms with van der Waals surface area (Å²) >= 11 is 5.00. The van der Waals surface area contributed by atoms with Gasteiger partial charge in [0.15, 0.2) is 0 Å².